The van der Waals surface area contributed by atoms with E-state index in [0.29, 0.717) is 17.0 Å². The van der Waals surface area contributed by atoms with Crippen LogP contribution in [0.3, 0.4) is 0 Å². The minimum Gasteiger partial charge on any atom is -0.396 e. The maximum absolute atomic E-state index is 14.3. The van der Waals surface area contributed by atoms with E-state index in [0.717, 1.165) is 32.2 Å². The van der Waals surface area contributed by atoms with Gasteiger partial charge in [-0.3, -0.25) is 4.79 Å². The van der Waals surface area contributed by atoms with Gasteiger partial charge in [0, 0.05) is 24.1 Å². The molecule has 3 nitrogen and oxygen atoms in total. The first-order valence-electron chi connectivity index (χ1n) is 9.95. The van der Waals surface area contributed by atoms with Gasteiger partial charge in [-0.15, -0.1) is 0 Å². The molecule has 142 valence electrons. The molecule has 2 aliphatic rings. The van der Waals surface area contributed by atoms with Gasteiger partial charge in [-0.05, 0) is 60.4 Å². The number of carbonyl (C=O) groups excluding carboxylic acids is 1. The number of hydrogen-bond acceptors (Lipinski definition) is 2. The molecule has 1 amide bonds. The van der Waals surface area contributed by atoms with Crippen LogP contribution >= 0.6 is 0 Å². The zero-order valence-corrected chi connectivity index (χ0v) is 16.0. The molecule has 2 atom stereocenters. The number of rotatable bonds is 2. The van der Waals surface area contributed by atoms with Crippen LogP contribution in [0.1, 0.15) is 72.0 Å². The molecule has 0 radical (unpaired) electrons. The van der Waals surface area contributed by atoms with Crippen molar-refractivity contribution in [3.63, 3.8) is 0 Å². The molecule has 1 aliphatic carbocycles. The standard InChI is InChI=1S/C23H27FN2O/c1-14(2)19-12-16(13-20(25)22(19)24)23(27)26-11-5-8-18-17-7-4-3-6-15(17)9-10-21(18)26/h3-4,6-7,12-14,18,21H,5,8-11,25H2,1-2H3. The van der Waals surface area contributed by atoms with Gasteiger partial charge in [-0.25, -0.2) is 4.39 Å². The lowest BCUT2D eigenvalue weighted by Gasteiger charge is -2.45. The molecule has 1 fully saturated rings. The van der Waals surface area contributed by atoms with E-state index in [4.69, 9.17) is 5.73 Å². The van der Waals surface area contributed by atoms with Crippen molar-refractivity contribution in [2.24, 2.45) is 0 Å². The minimum atomic E-state index is -0.398. The Morgan fingerprint density at radius 3 is 2.78 bits per heavy atom. The number of amides is 1. The van der Waals surface area contributed by atoms with Gasteiger partial charge in [0.05, 0.1) is 5.69 Å². The topological polar surface area (TPSA) is 46.3 Å². The van der Waals surface area contributed by atoms with Crippen molar-refractivity contribution in [1.29, 1.82) is 0 Å². The number of halogens is 1. The van der Waals surface area contributed by atoms with E-state index in [1.165, 1.54) is 17.2 Å². The Morgan fingerprint density at radius 1 is 1.22 bits per heavy atom. The summed E-state index contributed by atoms with van der Waals surface area (Å²) in [6.45, 7) is 4.60. The number of nitrogen functional groups attached to an aromatic ring is 1. The van der Waals surface area contributed by atoms with E-state index in [9.17, 15) is 9.18 Å². The van der Waals surface area contributed by atoms with E-state index < -0.39 is 5.82 Å². The minimum absolute atomic E-state index is 0.0160. The third-order valence-corrected chi connectivity index (χ3v) is 6.20. The van der Waals surface area contributed by atoms with Gasteiger partial charge < -0.3 is 10.6 Å². The fraction of sp³-hybridized carbons (Fsp3) is 0.435. The number of benzene rings is 2. The van der Waals surface area contributed by atoms with Gasteiger partial charge in [-0.1, -0.05) is 38.1 Å². The van der Waals surface area contributed by atoms with E-state index in [-0.39, 0.29) is 23.6 Å². The van der Waals surface area contributed by atoms with E-state index in [1.807, 2.05) is 18.7 Å². The average molecular weight is 366 g/mol. The summed E-state index contributed by atoms with van der Waals surface area (Å²) in [5, 5.41) is 0. The largest absolute Gasteiger partial charge is 0.396 e. The van der Waals surface area contributed by atoms with Crippen LogP contribution in [0, 0.1) is 5.82 Å². The maximum atomic E-state index is 14.3. The van der Waals surface area contributed by atoms with Gasteiger partial charge in [0.15, 0.2) is 0 Å². The molecule has 2 aromatic rings. The average Bonchev–Trinajstić information content (AvgIpc) is 2.68. The molecule has 0 bridgehead atoms. The molecule has 1 saturated heterocycles. The van der Waals surface area contributed by atoms with E-state index in [1.54, 1.807) is 6.07 Å². The van der Waals surface area contributed by atoms with E-state index in [2.05, 4.69) is 24.3 Å². The molecule has 0 spiro atoms. The number of nitrogens with zero attached hydrogens (tertiary/aromatic N) is 1. The second kappa shape index (κ2) is 6.99. The van der Waals surface area contributed by atoms with Crippen LogP contribution in [-0.4, -0.2) is 23.4 Å². The second-order valence-corrected chi connectivity index (χ2v) is 8.18. The van der Waals surface area contributed by atoms with Crippen LogP contribution in [-0.2, 0) is 6.42 Å². The molecule has 1 aliphatic heterocycles. The number of carbonyl (C=O) groups is 1. The van der Waals surface area contributed by atoms with Crippen molar-refractivity contribution in [2.75, 3.05) is 12.3 Å². The molecule has 0 aromatic heterocycles. The van der Waals surface area contributed by atoms with Crippen molar-refractivity contribution in [3.05, 3.63) is 64.5 Å². The Bertz CT molecular complexity index is 877. The summed E-state index contributed by atoms with van der Waals surface area (Å²) in [6.07, 6.45) is 4.11. The number of piperidine rings is 1. The smallest absolute Gasteiger partial charge is 0.254 e. The lowest BCUT2D eigenvalue weighted by Crippen LogP contribution is -2.49. The van der Waals surface area contributed by atoms with Gasteiger partial charge in [0.1, 0.15) is 5.82 Å². The quantitative estimate of drug-likeness (QED) is 0.771. The van der Waals surface area contributed by atoms with E-state index >= 15 is 0 Å². The van der Waals surface area contributed by atoms with Gasteiger partial charge in [0.25, 0.3) is 5.91 Å². The first kappa shape index (κ1) is 18.0. The highest BCUT2D eigenvalue weighted by molar-refractivity contribution is 5.95. The first-order chi connectivity index (χ1) is 13.0. The molecule has 1 heterocycles. The number of hydrogen-bond donors (Lipinski definition) is 1. The summed E-state index contributed by atoms with van der Waals surface area (Å²) in [6, 6.07) is 12.0. The Kier molecular flexibility index (Phi) is 4.67. The molecule has 4 rings (SSSR count). The molecule has 2 aromatic carbocycles. The van der Waals surface area contributed by atoms with Crippen LogP contribution in [0.5, 0.6) is 0 Å². The molecule has 2 unspecified atom stereocenters. The van der Waals surface area contributed by atoms with Crippen molar-refractivity contribution in [1.82, 2.24) is 4.90 Å². The predicted octanol–water partition coefficient (Wildman–Crippen LogP) is 4.87. The maximum Gasteiger partial charge on any atom is 0.254 e. The molecule has 4 heteroatoms. The number of fused-ring (bicyclic) bond motifs is 3. The highest BCUT2D eigenvalue weighted by Gasteiger charge is 2.38. The fourth-order valence-electron chi connectivity index (χ4n) is 4.84. The van der Waals surface area contributed by atoms with Crippen LogP contribution < -0.4 is 5.73 Å². The van der Waals surface area contributed by atoms with Crippen LogP contribution in [0.25, 0.3) is 0 Å². The van der Waals surface area contributed by atoms with Crippen molar-refractivity contribution >= 4 is 11.6 Å². The van der Waals surface area contributed by atoms with Crippen LogP contribution in [0.4, 0.5) is 10.1 Å². The zero-order chi connectivity index (χ0) is 19.1. The Morgan fingerprint density at radius 2 is 2.00 bits per heavy atom. The fourth-order valence-corrected chi connectivity index (χ4v) is 4.84. The molecular weight excluding hydrogens is 339 g/mol. The van der Waals surface area contributed by atoms with Crippen LogP contribution in [0.2, 0.25) is 0 Å². The normalized spacial score (nSPS) is 21.7. The number of anilines is 1. The highest BCUT2D eigenvalue weighted by Crippen LogP contribution is 2.41. The Balaban J connectivity index is 1.67. The van der Waals surface area contributed by atoms with Crippen molar-refractivity contribution in [2.45, 2.75) is 57.4 Å². The zero-order valence-electron chi connectivity index (χ0n) is 16.0. The van der Waals surface area contributed by atoms with Crippen LogP contribution in [0.15, 0.2) is 36.4 Å². The monoisotopic (exact) mass is 366 g/mol. The van der Waals surface area contributed by atoms with Crippen molar-refractivity contribution < 1.29 is 9.18 Å². The summed E-state index contributed by atoms with van der Waals surface area (Å²) >= 11 is 0. The van der Waals surface area contributed by atoms with Gasteiger partial charge in [-0.2, -0.15) is 0 Å². The lowest BCUT2D eigenvalue weighted by atomic mass is 9.74. The Hall–Kier alpha value is -2.36. The molecule has 0 saturated carbocycles. The Labute approximate surface area is 160 Å². The first-order valence-corrected chi connectivity index (χ1v) is 9.95. The summed E-state index contributed by atoms with van der Waals surface area (Å²) in [5.74, 6) is -0.0342. The summed E-state index contributed by atoms with van der Waals surface area (Å²) in [5.41, 5.74) is 9.78. The molecule has 2 N–H and O–H groups in total. The number of nitrogens with two attached hydrogens (primary N) is 1. The third-order valence-electron chi connectivity index (χ3n) is 6.20. The predicted molar refractivity (Wildman–Crippen MR) is 106 cm³/mol. The summed E-state index contributed by atoms with van der Waals surface area (Å²) in [4.78, 5) is 15.4. The van der Waals surface area contributed by atoms with Crippen molar-refractivity contribution in [3.8, 4) is 0 Å². The highest BCUT2D eigenvalue weighted by atomic mass is 19.1. The lowest BCUT2D eigenvalue weighted by molar-refractivity contribution is 0.0546. The molecule has 27 heavy (non-hydrogen) atoms. The van der Waals surface area contributed by atoms with Gasteiger partial charge in [0.2, 0.25) is 0 Å². The summed E-state index contributed by atoms with van der Waals surface area (Å²) < 4.78 is 14.3. The van der Waals surface area contributed by atoms with Gasteiger partial charge >= 0.3 is 0 Å². The number of likely N-dealkylation sites (tertiary alicyclic amines) is 1. The number of aryl methyl sites for hydroxylation is 1. The SMILES string of the molecule is CC(C)c1cc(C(=O)N2CCCC3c4ccccc4CCC32)cc(N)c1F. The molecular formula is C23H27FN2O. The third kappa shape index (κ3) is 3.11. The second-order valence-electron chi connectivity index (χ2n) is 8.18. The summed E-state index contributed by atoms with van der Waals surface area (Å²) in [7, 11) is 0.